The number of carboxylic acid groups (broad SMARTS) is 1. The first-order valence-electron chi connectivity index (χ1n) is 3.68. The molecule has 0 fully saturated rings. The van der Waals surface area contributed by atoms with Gasteiger partial charge >= 0.3 is 5.97 Å². The first-order chi connectivity index (χ1) is 6.70. The molecular weight excluding hydrogens is 208 g/mol. The van der Waals surface area contributed by atoms with Gasteiger partial charge in [-0.1, -0.05) is 16.8 Å². The number of nitrogens with zero attached hydrogens (tertiary/aromatic N) is 2. The molecule has 0 saturated heterocycles. The average Bonchev–Trinajstić information content (AvgIpc) is 2.18. The molecule has 0 atom stereocenters. The topological polar surface area (TPSA) is 71.8 Å². The lowest BCUT2D eigenvalue weighted by atomic mass is 10.3. The van der Waals surface area contributed by atoms with E-state index in [-0.39, 0.29) is 5.17 Å². The maximum absolute atomic E-state index is 10.1. The Morgan fingerprint density at radius 1 is 1.71 bits per heavy atom. The van der Waals surface area contributed by atoms with E-state index in [1.54, 1.807) is 18.3 Å². The van der Waals surface area contributed by atoms with E-state index < -0.39 is 12.6 Å². The van der Waals surface area contributed by atoms with Crippen LogP contribution in [-0.2, 0) is 9.63 Å². The molecule has 1 N–H and O–H groups in total. The SMILES string of the molecule is O=C(O)CON=C(Cl)c1cccnc1. The van der Waals surface area contributed by atoms with Crippen LogP contribution in [0.5, 0.6) is 0 Å². The van der Waals surface area contributed by atoms with Crippen molar-refractivity contribution in [2.45, 2.75) is 0 Å². The molecule has 0 unspecified atom stereocenters. The number of carbonyl (C=O) groups is 1. The third-order valence-corrected chi connectivity index (χ3v) is 1.52. The van der Waals surface area contributed by atoms with Crippen LogP contribution in [0, 0.1) is 0 Å². The van der Waals surface area contributed by atoms with Gasteiger partial charge in [0.25, 0.3) is 0 Å². The van der Waals surface area contributed by atoms with Crippen molar-refractivity contribution in [3.8, 4) is 0 Å². The van der Waals surface area contributed by atoms with Crippen molar-refractivity contribution in [1.82, 2.24) is 4.98 Å². The summed E-state index contributed by atoms with van der Waals surface area (Å²) < 4.78 is 0. The third kappa shape index (κ3) is 3.40. The second kappa shape index (κ2) is 5.18. The van der Waals surface area contributed by atoms with Crippen LogP contribution in [-0.4, -0.2) is 27.8 Å². The average molecular weight is 215 g/mol. The zero-order chi connectivity index (χ0) is 10.4. The molecule has 74 valence electrons. The normalized spacial score (nSPS) is 11.1. The molecule has 0 aliphatic heterocycles. The molecule has 1 rings (SSSR count). The highest BCUT2D eigenvalue weighted by molar-refractivity contribution is 6.69. The molecule has 0 aliphatic rings. The fourth-order valence-electron chi connectivity index (χ4n) is 0.682. The summed E-state index contributed by atoms with van der Waals surface area (Å²) >= 11 is 5.68. The molecule has 0 radical (unpaired) electrons. The molecule has 14 heavy (non-hydrogen) atoms. The Balaban J connectivity index is 2.57. The molecule has 0 bridgehead atoms. The molecule has 0 aliphatic carbocycles. The second-order valence-corrected chi connectivity index (χ2v) is 2.65. The number of hydrogen-bond donors (Lipinski definition) is 1. The number of oxime groups is 1. The molecule has 0 saturated carbocycles. The van der Waals surface area contributed by atoms with Gasteiger partial charge in [-0.25, -0.2) is 4.79 Å². The number of aromatic nitrogens is 1. The van der Waals surface area contributed by atoms with Crippen LogP contribution < -0.4 is 0 Å². The lowest BCUT2D eigenvalue weighted by Gasteiger charge is -1.97. The van der Waals surface area contributed by atoms with Crippen molar-refractivity contribution in [2.24, 2.45) is 5.16 Å². The maximum atomic E-state index is 10.1. The van der Waals surface area contributed by atoms with E-state index in [0.717, 1.165) is 0 Å². The smallest absolute Gasteiger partial charge is 0.344 e. The minimum atomic E-state index is -1.11. The van der Waals surface area contributed by atoms with Gasteiger partial charge in [-0.2, -0.15) is 0 Å². The highest BCUT2D eigenvalue weighted by atomic mass is 35.5. The molecule has 0 spiro atoms. The summed E-state index contributed by atoms with van der Waals surface area (Å²) in [5.41, 5.74) is 0.569. The van der Waals surface area contributed by atoms with E-state index in [2.05, 4.69) is 15.0 Å². The maximum Gasteiger partial charge on any atom is 0.344 e. The van der Waals surface area contributed by atoms with Crippen LogP contribution in [0.25, 0.3) is 0 Å². The molecule has 1 heterocycles. The second-order valence-electron chi connectivity index (χ2n) is 2.29. The van der Waals surface area contributed by atoms with E-state index in [9.17, 15) is 4.79 Å². The monoisotopic (exact) mass is 214 g/mol. The van der Waals surface area contributed by atoms with Crippen molar-refractivity contribution < 1.29 is 14.7 Å². The first-order valence-corrected chi connectivity index (χ1v) is 4.05. The third-order valence-electron chi connectivity index (χ3n) is 1.23. The molecule has 1 aromatic rings. The Bertz CT molecular complexity index is 340. The summed E-state index contributed by atoms with van der Waals surface area (Å²) in [5.74, 6) is -1.11. The van der Waals surface area contributed by atoms with Crippen LogP contribution in [0.2, 0.25) is 0 Å². The van der Waals surface area contributed by atoms with Crippen molar-refractivity contribution in [3.63, 3.8) is 0 Å². The van der Waals surface area contributed by atoms with Crippen LogP contribution >= 0.6 is 11.6 Å². The molecule has 1 aromatic heterocycles. The molecular formula is C8H7ClN2O3. The first kappa shape index (κ1) is 10.5. The van der Waals surface area contributed by atoms with Gasteiger partial charge in [-0.05, 0) is 12.1 Å². The Morgan fingerprint density at radius 3 is 3.07 bits per heavy atom. The summed E-state index contributed by atoms with van der Waals surface area (Å²) in [4.78, 5) is 18.3. The van der Waals surface area contributed by atoms with E-state index >= 15 is 0 Å². The Labute approximate surface area is 85.0 Å². The van der Waals surface area contributed by atoms with Gasteiger partial charge in [-0.3, -0.25) is 4.98 Å². The van der Waals surface area contributed by atoms with Gasteiger partial charge in [0.05, 0.1) is 0 Å². The summed E-state index contributed by atoms with van der Waals surface area (Å²) in [6.07, 6.45) is 3.09. The van der Waals surface area contributed by atoms with E-state index in [0.29, 0.717) is 5.56 Å². The van der Waals surface area contributed by atoms with Crippen molar-refractivity contribution in [1.29, 1.82) is 0 Å². The Hall–Kier alpha value is -1.62. The van der Waals surface area contributed by atoms with Crippen molar-refractivity contribution in [2.75, 3.05) is 6.61 Å². The number of pyridine rings is 1. The lowest BCUT2D eigenvalue weighted by Crippen LogP contribution is -2.04. The molecule has 5 nitrogen and oxygen atoms in total. The zero-order valence-corrected chi connectivity index (χ0v) is 7.81. The van der Waals surface area contributed by atoms with Crippen LogP contribution in [0.4, 0.5) is 0 Å². The van der Waals surface area contributed by atoms with Crippen LogP contribution in [0.1, 0.15) is 5.56 Å². The summed E-state index contributed by atoms with van der Waals surface area (Å²) in [7, 11) is 0. The predicted octanol–water partition coefficient (Wildman–Crippen LogP) is 1.08. The van der Waals surface area contributed by atoms with Gasteiger partial charge in [-0.15, -0.1) is 0 Å². The standard InChI is InChI=1S/C8H7ClN2O3/c9-8(11-14-5-7(12)13)6-2-1-3-10-4-6/h1-4H,5H2,(H,12,13). The van der Waals surface area contributed by atoms with Gasteiger partial charge in [0.2, 0.25) is 6.61 Å². The molecule has 0 aromatic carbocycles. The highest BCUT2D eigenvalue weighted by Crippen LogP contribution is 2.02. The largest absolute Gasteiger partial charge is 0.479 e. The minimum Gasteiger partial charge on any atom is -0.479 e. The quantitative estimate of drug-likeness (QED) is 0.602. The number of carboxylic acids is 1. The van der Waals surface area contributed by atoms with Crippen LogP contribution in [0.3, 0.4) is 0 Å². The van der Waals surface area contributed by atoms with E-state index in [4.69, 9.17) is 16.7 Å². The molecule has 0 amide bonds. The summed E-state index contributed by atoms with van der Waals surface area (Å²) in [6.45, 7) is -0.517. The number of halogens is 1. The van der Waals surface area contributed by atoms with E-state index in [1.807, 2.05) is 0 Å². The Kier molecular flexibility index (Phi) is 3.87. The fraction of sp³-hybridized carbons (Fsp3) is 0.125. The van der Waals surface area contributed by atoms with Crippen LogP contribution in [0.15, 0.2) is 29.7 Å². The van der Waals surface area contributed by atoms with E-state index in [1.165, 1.54) is 6.20 Å². The predicted molar refractivity (Wildman–Crippen MR) is 50.2 cm³/mol. The van der Waals surface area contributed by atoms with Gasteiger partial charge in [0.15, 0.2) is 5.17 Å². The minimum absolute atomic E-state index is 0.0688. The lowest BCUT2D eigenvalue weighted by molar-refractivity contribution is -0.142. The van der Waals surface area contributed by atoms with Gasteiger partial charge in [0, 0.05) is 18.0 Å². The Morgan fingerprint density at radius 2 is 2.50 bits per heavy atom. The van der Waals surface area contributed by atoms with Gasteiger partial charge in [0.1, 0.15) is 0 Å². The number of aliphatic carboxylic acids is 1. The highest BCUT2D eigenvalue weighted by Gasteiger charge is 2.00. The van der Waals surface area contributed by atoms with Crippen molar-refractivity contribution >= 4 is 22.7 Å². The van der Waals surface area contributed by atoms with Crippen molar-refractivity contribution in [3.05, 3.63) is 30.1 Å². The molecule has 6 heteroatoms. The van der Waals surface area contributed by atoms with Gasteiger partial charge < -0.3 is 9.94 Å². The summed E-state index contributed by atoms with van der Waals surface area (Å²) in [5, 5.41) is 11.7. The summed E-state index contributed by atoms with van der Waals surface area (Å²) in [6, 6.07) is 3.37. The number of hydrogen-bond acceptors (Lipinski definition) is 4. The fourth-order valence-corrected chi connectivity index (χ4v) is 0.842. The zero-order valence-electron chi connectivity index (χ0n) is 7.05. The number of rotatable bonds is 4.